The Morgan fingerprint density at radius 2 is 2.26 bits per heavy atom. The summed E-state index contributed by atoms with van der Waals surface area (Å²) in [5.41, 5.74) is 1.05. The zero-order valence-electron chi connectivity index (χ0n) is 11.3. The van der Waals surface area contributed by atoms with E-state index in [1.807, 2.05) is 13.1 Å². The molecule has 1 rings (SSSR count). The highest BCUT2D eigenvalue weighted by molar-refractivity contribution is 14.0. The molecular weight excluding hydrogens is 361 g/mol. The van der Waals surface area contributed by atoms with E-state index in [9.17, 15) is 4.79 Å². The smallest absolute Gasteiger partial charge is 0.307 e. The Bertz CT molecular complexity index is 419. The summed E-state index contributed by atoms with van der Waals surface area (Å²) < 4.78 is 6.34. The molecule has 1 aromatic rings. The molecule has 0 aliphatic rings. The van der Waals surface area contributed by atoms with Gasteiger partial charge in [0, 0.05) is 26.8 Å². The zero-order valence-corrected chi connectivity index (χ0v) is 13.7. The Labute approximate surface area is 129 Å². The van der Waals surface area contributed by atoms with Gasteiger partial charge in [-0.2, -0.15) is 5.10 Å². The van der Waals surface area contributed by atoms with Crippen LogP contribution in [0.5, 0.6) is 0 Å². The molecule has 0 saturated heterocycles. The standard InChI is InChI=1S/C11H19N5O2.HI/c1-12-11(13-6-5-10(17)18-3)14-8-9-4-7-15-16(9)2;/h4,7H,5-6,8H2,1-3H3,(H2,12,13,14);1H. The average molecular weight is 381 g/mol. The Hall–Kier alpha value is -1.32. The van der Waals surface area contributed by atoms with E-state index < -0.39 is 0 Å². The Morgan fingerprint density at radius 1 is 1.53 bits per heavy atom. The third kappa shape index (κ3) is 6.41. The molecule has 108 valence electrons. The first kappa shape index (κ1) is 17.7. The largest absolute Gasteiger partial charge is 0.469 e. The van der Waals surface area contributed by atoms with E-state index in [2.05, 4.69) is 25.5 Å². The molecule has 0 amide bonds. The molecule has 0 aromatic carbocycles. The number of carbonyl (C=O) groups is 1. The van der Waals surface area contributed by atoms with Gasteiger partial charge in [-0.15, -0.1) is 24.0 Å². The summed E-state index contributed by atoms with van der Waals surface area (Å²) in [5, 5.41) is 10.2. The molecule has 0 spiro atoms. The van der Waals surface area contributed by atoms with Crippen LogP contribution in [-0.2, 0) is 23.1 Å². The maximum Gasteiger partial charge on any atom is 0.307 e. The molecule has 0 fully saturated rings. The average Bonchev–Trinajstić information content (AvgIpc) is 2.78. The molecule has 0 aliphatic heterocycles. The number of aromatic nitrogens is 2. The first-order valence-corrected chi connectivity index (χ1v) is 5.65. The molecular formula is C11H20IN5O2. The highest BCUT2D eigenvalue weighted by atomic mass is 127. The third-order valence-corrected chi connectivity index (χ3v) is 2.43. The lowest BCUT2D eigenvalue weighted by atomic mass is 10.4. The van der Waals surface area contributed by atoms with Crippen LogP contribution >= 0.6 is 24.0 Å². The first-order valence-electron chi connectivity index (χ1n) is 5.65. The number of ether oxygens (including phenoxy) is 1. The normalized spacial score (nSPS) is 10.6. The molecule has 2 N–H and O–H groups in total. The lowest BCUT2D eigenvalue weighted by Crippen LogP contribution is -2.38. The van der Waals surface area contributed by atoms with E-state index in [1.54, 1.807) is 17.9 Å². The van der Waals surface area contributed by atoms with Gasteiger partial charge in [0.2, 0.25) is 0 Å². The summed E-state index contributed by atoms with van der Waals surface area (Å²) >= 11 is 0. The number of nitrogens with zero attached hydrogens (tertiary/aromatic N) is 3. The number of esters is 1. The van der Waals surface area contributed by atoms with Crippen molar-refractivity contribution in [2.75, 3.05) is 20.7 Å². The minimum absolute atomic E-state index is 0. The van der Waals surface area contributed by atoms with Gasteiger partial charge < -0.3 is 15.4 Å². The Kier molecular flexibility index (Phi) is 8.92. The SMILES string of the molecule is CN=C(NCCC(=O)OC)NCc1ccnn1C.I. The van der Waals surface area contributed by atoms with Crippen molar-refractivity contribution in [1.82, 2.24) is 20.4 Å². The van der Waals surface area contributed by atoms with Crippen LogP contribution in [-0.4, -0.2) is 42.4 Å². The molecule has 1 aromatic heterocycles. The van der Waals surface area contributed by atoms with Crippen molar-refractivity contribution in [1.29, 1.82) is 0 Å². The summed E-state index contributed by atoms with van der Waals surface area (Å²) in [5.74, 6) is 0.393. The Balaban J connectivity index is 0.00000324. The summed E-state index contributed by atoms with van der Waals surface area (Å²) in [7, 11) is 4.93. The van der Waals surface area contributed by atoms with Crippen LogP contribution < -0.4 is 10.6 Å². The maximum absolute atomic E-state index is 10.9. The summed E-state index contributed by atoms with van der Waals surface area (Å²) in [4.78, 5) is 15.0. The predicted octanol–water partition coefficient (Wildman–Crippen LogP) is 0.266. The van der Waals surface area contributed by atoms with E-state index >= 15 is 0 Å². The van der Waals surface area contributed by atoms with Gasteiger partial charge in [0.15, 0.2) is 5.96 Å². The van der Waals surface area contributed by atoms with Crippen molar-refractivity contribution < 1.29 is 9.53 Å². The van der Waals surface area contributed by atoms with Crippen LogP contribution in [0.2, 0.25) is 0 Å². The van der Waals surface area contributed by atoms with Crippen LogP contribution in [0.4, 0.5) is 0 Å². The second-order valence-electron chi connectivity index (χ2n) is 3.62. The monoisotopic (exact) mass is 381 g/mol. The quantitative estimate of drug-likeness (QED) is 0.331. The van der Waals surface area contributed by atoms with Crippen molar-refractivity contribution in [3.05, 3.63) is 18.0 Å². The van der Waals surface area contributed by atoms with Crippen molar-refractivity contribution in [3.8, 4) is 0 Å². The fraction of sp³-hybridized carbons (Fsp3) is 0.545. The predicted molar refractivity (Wildman–Crippen MR) is 83.5 cm³/mol. The van der Waals surface area contributed by atoms with Gasteiger partial charge >= 0.3 is 5.97 Å². The minimum Gasteiger partial charge on any atom is -0.469 e. The van der Waals surface area contributed by atoms with Crippen molar-refractivity contribution in [2.24, 2.45) is 12.0 Å². The van der Waals surface area contributed by atoms with Gasteiger partial charge in [0.25, 0.3) is 0 Å². The number of hydrogen-bond donors (Lipinski definition) is 2. The number of halogens is 1. The van der Waals surface area contributed by atoms with Gasteiger partial charge in [-0.25, -0.2) is 0 Å². The topological polar surface area (TPSA) is 80.5 Å². The van der Waals surface area contributed by atoms with Crippen LogP contribution in [0.1, 0.15) is 12.1 Å². The second kappa shape index (κ2) is 9.59. The molecule has 0 aliphatic carbocycles. The summed E-state index contributed by atoms with van der Waals surface area (Å²) in [6, 6.07) is 1.93. The van der Waals surface area contributed by atoms with Gasteiger partial charge in [0.05, 0.1) is 25.8 Å². The number of methoxy groups -OCH3 is 1. The molecule has 8 heteroatoms. The molecule has 0 atom stereocenters. The van der Waals surface area contributed by atoms with Crippen LogP contribution in [0.15, 0.2) is 17.3 Å². The molecule has 1 heterocycles. The van der Waals surface area contributed by atoms with Gasteiger partial charge in [-0.05, 0) is 6.07 Å². The summed E-state index contributed by atoms with van der Waals surface area (Å²) in [6.45, 7) is 1.10. The number of aliphatic imine (C=N–C) groups is 1. The minimum atomic E-state index is -0.246. The third-order valence-electron chi connectivity index (χ3n) is 2.43. The highest BCUT2D eigenvalue weighted by Crippen LogP contribution is 1.94. The molecule has 0 bridgehead atoms. The van der Waals surface area contributed by atoms with Gasteiger partial charge in [-0.3, -0.25) is 14.5 Å². The van der Waals surface area contributed by atoms with Crippen LogP contribution in [0, 0.1) is 0 Å². The molecule has 0 saturated carbocycles. The molecule has 0 unspecified atom stereocenters. The highest BCUT2D eigenvalue weighted by Gasteiger charge is 2.03. The van der Waals surface area contributed by atoms with Crippen molar-refractivity contribution in [3.63, 3.8) is 0 Å². The Morgan fingerprint density at radius 3 is 2.79 bits per heavy atom. The number of nitrogens with one attached hydrogen (secondary N) is 2. The van der Waals surface area contributed by atoms with E-state index in [-0.39, 0.29) is 29.9 Å². The first-order chi connectivity index (χ1) is 8.67. The zero-order chi connectivity index (χ0) is 13.4. The van der Waals surface area contributed by atoms with E-state index in [4.69, 9.17) is 0 Å². The number of carbonyl (C=O) groups excluding carboxylic acids is 1. The maximum atomic E-state index is 10.9. The molecule has 7 nitrogen and oxygen atoms in total. The lowest BCUT2D eigenvalue weighted by Gasteiger charge is -2.11. The second-order valence-corrected chi connectivity index (χ2v) is 3.62. The number of hydrogen-bond acceptors (Lipinski definition) is 4. The van der Waals surface area contributed by atoms with Crippen molar-refractivity contribution in [2.45, 2.75) is 13.0 Å². The number of rotatable bonds is 5. The van der Waals surface area contributed by atoms with Gasteiger partial charge in [0.1, 0.15) is 0 Å². The molecule has 19 heavy (non-hydrogen) atoms. The summed E-state index contributed by atoms with van der Waals surface area (Å²) in [6.07, 6.45) is 2.05. The number of guanidine groups is 1. The van der Waals surface area contributed by atoms with Crippen molar-refractivity contribution >= 4 is 35.9 Å². The lowest BCUT2D eigenvalue weighted by molar-refractivity contribution is -0.140. The van der Waals surface area contributed by atoms with Gasteiger partial charge in [-0.1, -0.05) is 0 Å². The van der Waals surface area contributed by atoms with Crippen LogP contribution in [0.25, 0.3) is 0 Å². The number of aryl methyl sites for hydroxylation is 1. The van der Waals surface area contributed by atoms with E-state index in [0.717, 1.165) is 5.69 Å². The fourth-order valence-corrected chi connectivity index (χ4v) is 1.35. The van der Waals surface area contributed by atoms with Crippen LogP contribution in [0.3, 0.4) is 0 Å². The van der Waals surface area contributed by atoms with E-state index in [1.165, 1.54) is 7.11 Å². The van der Waals surface area contributed by atoms with E-state index in [0.29, 0.717) is 25.5 Å². The molecule has 0 radical (unpaired) electrons. The fourth-order valence-electron chi connectivity index (χ4n) is 1.35.